The van der Waals surface area contributed by atoms with Crippen molar-refractivity contribution in [2.75, 3.05) is 6.54 Å². The molecular formula is C19H31N. The van der Waals surface area contributed by atoms with E-state index < -0.39 is 0 Å². The van der Waals surface area contributed by atoms with E-state index in [4.69, 9.17) is 0 Å². The second kappa shape index (κ2) is 5.89. The Morgan fingerprint density at radius 2 is 1.75 bits per heavy atom. The average molecular weight is 273 g/mol. The first-order valence-corrected chi connectivity index (χ1v) is 8.25. The Morgan fingerprint density at radius 1 is 1.15 bits per heavy atom. The first-order chi connectivity index (χ1) is 9.43. The summed E-state index contributed by atoms with van der Waals surface area (Å²) in [4.78, 5) is 0. The minimum absolute atomic E-state index is 0.417. The van der Waals surface area contributed by atoms with Crippen LogP contribution in [0, 0.1) is 26.2 Å². The van der Waals surface area contributed by atoms with E-state index in [1.54, 1.807) is 5.56 Å². The molecule has 0 aromatic heterocycles. The lowest BCUT2D eigenvalue weighted by molar-refractivity contribution is 0.0438. The molecule has 20 heavy (non-hydrogen) atoms. The van der Waals surface area contributed by atoms with Gasteiger partial charge < -0.3 is 5.32 Å². The van der Waals surface area contributed by atoms with E-state index in [9.17, 15) is 0 Å². The molecule has 3 unspecified atom stereocenters. The van der Waals surface area contributed by atoms with Crippen LogP contribution >= 0.6 is 0 Å². The third-order valence-corrected chi connectivity index (χ3v) is 5.55. The van der Waals surface area contributed by atoms with Crippen LogP contribution < -0.4 is 5.32 Å². The van der Waals surface area contributed by atoms with Crippen molar-refractivity contribution >= 4 is 0 Å². The summed E-state index contributed by atoms with van der Waals surface area (Å²) in [6, 6.07) is 5.40. The molecule has 1 saturated carbocycles. The lowest BCUT2D eigenvalue weighted by Gasteiger charge is -2.55. The molecule has 0 heterocycles. The highest BCUT2D eigenvalue weighted by atomic mass is 15.0. The van der Waals surface area contributed by atoms with E-state index in [-0.39, 0.29) is 0 Å². The molecule has 1 aromatic carbocycles. The molecule has 0 saturated heterocycles. The van der Waals surface area contributed by atoms with Gasteiger partial charge in [-0.3, -0.25) is 0 Å². The number of rotatable bonds is 5. The van der Waals surface area contributed by atoms with Gasteiger partial charge in [0.05, 0.1) is 0 Å². The van der Waals surface area contributed by atoms with Gasteiger partial charge in [0.25, 0.3) is 0 Å². The number of aryl methyl sites for hydroxylation is 3. The van der Waals surface area contributed by atoms with Crippen LogP contribution in [0.25, 0.3) is 0 Å². The van der Waals surface area contributed by atoms with E-state index in [1.165, 1.54) is 36.0 Å². The molecular weight excluding hydrogens is 242 g/mol. The van der Waals surface area contributed by atoms with Gasteiger partial charge in [-0.25, -0.2) is 0 Å². The monoisotopic (exact) mass is 273 g/mol. The van der Waals surface area contributed by atoms with Gasteiger partial charge in [0.2, 0.25) is 0 Å². The summed E-state index contributed by atoms with van der Waals surface area (Å²) < 4.78 is 0. The standard InChI is InChI=1S/C19H31N/c1-7-9-20-17-12-16(19(17,6)8-2)18-14(4)10-13(3)11-15(18)5/h10-11,16-17,20H,7-9,12H2,1-6H3. The quantitative estimate of drug-likeness (QED) is 0.806. The van der Waals surface area contributed by atoms with E-state index in [2.05, 4.69) is 59.0 Å². The highest BCUT2D eigenvalue weighted by molar-refractivity contribution is 5.43. The summed E-state index contributed by atoms with van der Waals surface area (Å²) in [6.45, 7) is 15.0. The Balaban J connectivity index is 2.27. The Bertz CT molecular complexity index is 454. The molecule has 112 valence electrons. The molecule has 1 aliphatic carbocycles. The van der Waals surface area contributed by atoms with Crippen LogP contribution in [0.5, 0.6) is 0 Å². The third-order valence-electron chi connectivity index (χ3n) is 5.55. The largest absolute Gasteiger partial charge is 0.313 e. The molecule has 0 amide bonds. The van der Waals surface area contributed by atoms with Crippen molar-refractivity contribution in [3.8, 4) is 0 Å². The normalized spacial score (nSPS) is 29.3. The average Bonchev–Trinajstić information content (AvgIpc) is 2.39. The predicted molar refractivity (Wildman–Crippen MR) is 88.5 cm³/mol. The molecule has 1 aromatic rings. The zero-order chi connectivity index (χ0) is 14.9. The lowest BCUT2D eigenvalue weighted by atomic mass is 9.53. The first-order valence-electron chi connectivity index (χ1n) is 8.25. The highest BCUT2D eigenvalue weighted by Gasteiger charge is 2.51. The summed E-state index contributed by atoms with van der Waals surface area (Å²) in [5, 5.41) is 3.76. The van der Waals surface area contributed by atoms with Gasteiger partial charge in [-0.2, -0.15) is 0 Å². The van der Waals surface area contributed by atoms with Crippen molar-refractivity contribution in [3.63, 3.8) is 0 Å². The van der Waals surface area contributed by atoms with Crippen LogP contribution in [-0.4, -0.2) is 12.6 Å². The Kier molecular flexibility index (Phi) is 4.59. The topological polar surface area (TPSA) is 12.0 Å². The summed E-state index contributed by atoms with van der Waals surface area (Å²) >= 11 is 0. The van der Waals surface area contributed by atoms with Crippen LogP contribution in [0.2, 0.25) is 0 Å². The molecule has 1 fully saturated rings. The second-order valence-electron chi connectivity index (χ2n) is 6.97. The Hall–Kier alpha value is -0.820. The van der Waals surface area contributed by atoms with Crippen molar-refractivity contribution in [3.05, 3.63) is 34.4 Å². The number of nitrogens with one attached hydrogen (secondary N) is 1. The minimum atomic E-state index is 0.417. The van der Waals surface area contributed by atoms with Crippen LogP contribution in [0.15, 0.2) is 12.1 Å². The SMILES string of the molecule is CCCNC1CC(c2c(C)cc(C)cc2C)C1(C)CC. The summed E-state index contributed by atoms with van der Waals surface area (Å²) in [5.41, 5.74) is 6.40. The van der Waals surface area contributed by atoms with Crippen molar-refractivity contribution in [1.29, 1.82) is 0 Å². The van der Waals surface area contributed by atoms with Gasteiger partial charge >= 0.3 is 0 Å². The minimum Gasteiger partial charge on any atom is -0.313 e. The van der Waals surface area contributed by atoms with Gasteiger partial charge in [-0.15, -0.1) is 0 Å². The van der Waals surface area contributed by atoms with Crippen molar-refractivity contribution in [2.45, 2.75) is 72.8 Å². The van der Waals surface area contributed by atoms with Crippen molar-refractivity contribution in [1.82, 2.24) is 5.32 Å². The van der Waals surface area contributed by atoms with E-state index in [1.807, 2.05) is 0 Å². The molecule has 1 heteroatoms. The van der Waals surface area contributed by atoms with E-state index >= 15 is 0 Å². The van der Waals surface area contributed by atoms with Gasteiger partial charge in [-0.1, -0.05) is 38.5 Å². The van der Waals surface area contributed by atoms with Crippen molar-refractivity contribution < 1.29 is 0 Å². The second-order valence-corrected chi connectivity index (χ2v) is 6.97. The van der Waals surface area contributed by atoms with Crippen molar-refractivity contribution in [2.24, 2.45) is 5.41 Å². The first kappa shape index (κ1) is 15.6. The number of benzene rings is 1. The fourth-order valence-electron chi connectivity index (χ4n) is 4.17. The zero-order valence-corrected chi connectivity index (χ0v) is 14.1. The molecule has 2 rings (SSSR count). The van der Waals surface area contributed by atoms with Crippen LogP contribution in [0.3, 0.4) is 0 Å². The number of hydrogen-bond acceptors (Lipinski definition) is 1. The molecule has 0 spiro atoms. The summed E-state index contributed by atoms with van der Waals surface area (Å²) in [7, 11) is 0. The Morgan fingerprint density at radius 3 is 2.25 bits per heavy atom. The molecule has 3 atom stereocenters. The predicted octanol–water partition coefficient (Wildman–Crippen LogP) is 4.88. The number of hydrogen-bond donors (Lipinski definition) is 1. The Labute approximate surface area is 125 Å². The fraction of sp³-hybridized carbons (Fsp3) is 0.684. The molecule has 0 radical (unpaired) electrons. The summed E-state index contributed by atoms with van der Waals surface area (Å²) in [6.07, 6.45) is 3.78. The van der Waals surface area contributed by atoms with Crippen LogP contribution in [-0.2, 0) is 0 Å². The van der Waals surface area contributed by atoms with E-state index in [0.717, 1.165) is 12.5 Å². The van der Waals surface area contributed by atoms with Crippen LogP contribution in [0.4, 0.5) is 0 Å². The third kappa shape index (κ3) is 2.53. The maximum absolute atomic E-state index is 3.76. The smallest absolute Gasteiger partial charge is 0.0133 e. The van der Waals surface area contributed by atoms with E-state index in [0.29, 0.717) is 11.5 Å². The molecule has 0 aliphatic heterocycles. The maximum Gasteiger partial charge on any atom is 0.0133 e. The summed E-state index contributed by atoms with van der Waals surface area (Å²) in [5.74, 6) is 0.724. The highest BCUT2D eigenvalue weighted by Crippen LogP contribution is 2.56. The maximum atomic E-state index is 3.76. The molecule has 1 aliphatic rings. The van der Waals surface area contributed by atoms with Gasteiger partial charge in [0.1, 0.15) is 0 Å². The fourth-order valence-corrected chi connectivity index (χ4v) is 4.17. The van der Waals surface area contributed by atoms with Gasteiger partial charge in [0, 0.05) is 6.04 Å². The van der Waals surface area contributed by atoms with Crippen LogP contribution in [0.1, 0.15) is 68.2 Å². The molecule has 1 N–H and O–H groups in total. The van der Waals surface area contributed by atoms with Gasteiger partial charge in [0.15, 0.2) is 0 Å². The van der Waals surface area contributed by atoms with Gasteiger partial charge in [-0.05, 0) is 74.6 Å². The molecule has 0 bridgehead atoms. The lowest BCUT2D eigenvalue weighted by Crippen LogP contribution is -2.57. The zero-order valence-electron chi connectivity index (χ0n) is 14.1. The molecule has 1 nitrogen and oxygen atoms in total.